The fraction of sp³-hybridized carbons (Fsp3) is 0.0769. The van der Waals surface area contributed by atoms with E-state index in [9.17, 15) is 22.4 Å². The van der Waals surface area contributed by atoms with Crippen LogP contribution in [0.15, 0.2) is 36.5 Å². The van der Waals surface area contributed by atoms with E-state index >= 15 is 0 Å². The van der Waals surface area contributed by atoms with Gasteiger partial charge in [-0.25, -0.2) is 4.98 Å². The minimum atomic E-state index is -4.58. The Kier molecular flexibility index (Phi) is 4.13. The number of benzene rings is 1. The zero-order chi connectivity index (χ0) is 15.6. The second-order valence-electron chi connectivity index (χ2n) is 4.05. The molecule has 0 aliphatic carbocycles. The maximum atomic E-state index is 12.6. The normalized spacial score (nSPS) is 11.3. The van der Waals surface area contributed by atoms with Crippen molar-refractivity contribution in [2.45, 2.75) is 6.18 Å². The standard InChI is InChI=1S/C13H7ClF4N2O/c14-9-3-8(13(16,17)18)4-10(5-9)20-12(21)7-1-2-11(15)19-6-7/h1-6H,(H,20,21). The van der Waals surface area contributed by atoms with Crippen molar-refractivity contribution in [2.75, 3.05) is 5.32 Å². The number of anilines is 1. The SMILES string of the molecule is O=C(Nc1cc(Cl)cc(C(F)(F)F)c1)c1ccc(F)nc1. The molecule has 0 radical (unpaired) electrons. The molecule has 21 heavy (non-hydrogen) atoms. The first-order valence-electron chi connectivity index (χ1n) is 5.56. The minimum absolute atomic E-state index is 0.00457. The molecule has 1 amide bonds. The summed E-state index contributed by atoms with van der Waals surface area (Å²) in [5.41, 5.74) is -1.10. The fourth-order valence-electron chi connectivity index (χ4n) is 1.54. The number of nitrogens with one attached hydrogen (secondary N) is 1. The Balaban J connectivity index is 2.25. The Morgan fingerprint density at radius 2 is 1.90 bits per heavy atom. The lowest BCUT2D eigenvalue weighted by Gasteiger charge is -2.11. The van der Waals surface area contributed by atoms with Crippen LogP contribution in [0.5, 0.6) is 0 Å². The largest absolute Gasteiger partial charge is 0.416 e. The number of carbonyl (C=O) groups excluding carboxylic acids is 1. The monoisotopic (exact) mass is 318 g/mol. The molecule has 0 fully saturated rings. The van der Waals surface area contributed by atoms with Crippen LogP contribution in [0.3, 0.4) is 0 Å². The van der Waals surface area contributed by atoms with E-state index in [4.69, 9.17) is 11.6 Å². The summed E-state index contributed by atoms with van der Waals surface area (Å²) in [7, 11) is 0. The molecule has 1 heterocycles. The smallest absolute Gasteiger partial charge is 0.322 e. The number of aromatic nitrogens is 1. The Morgan fingerprint density at radius 3 is 2.48 bits per heavy atom. The summed E-state index contributed by atoms with van der Waals surface area (Å²) in [4.78, 5) is 15.1. The average Bonchev–Trinajstić information content (AvgIpc) is 2.37. The van der Waals surface area contributed by atoms with Crippen molar-refractivity contribution < 1.29 is 22.4 Å². The van der Waals surface area contributed by atoms with Crippen molar-refractivity contribution in [2.24, 2.45) is 0 Å². The first-order chi connectivity index (χ1) is 9.75. The Labute approximate surface area is 121 Å². The Morgan fingerprint density at radius 1 is 1.19 bits per heavy atom. The van der Waals surface area contributed by atoms with Crippen LogP contribution >= 0.6 is 11.6 Å². The number of carbonyl (C=O) groups is 1. The highest BCUT2D eigenvalue weighted by Crippen LogP contribution is 2.33. The van der Waals surface area contributed by atoms with Crippen molar-refractivity contribution in [3.05, 3.63) is 58.6 Å². The summed E-state index contributed by atoms with van der Waals surface area (Å²) in [6.45, 7) is 0. The lowest BCUT2D eigenvalue weighted by atomic mass is 10.2. The van der Waals surface area contributed by atoms with Gasteiger partial charge in [0.2, 0.25) is 5.95 Å². The maximum absolute atomic E-state index is 12.6. The third kappa shape index (κ3) is 3.91. The van der Waals surface area contributed by atoms with Gasteiger partial charge in [-0.05, 0) is 30.3 Å². The second kappa shape index (κ2) is 5.69. The average molecular weight is 319 g/mol. The summed E-state index contributed by atoms with van der Waals surface area (Å²) < 4.78 is 50.5. The van der Waals surface area contributed by atoms with Crippen LogP contribution in [0, 0.1) is 5.95 Å². The Hall–Kier alpha value is -2.15. The molecule has 2 aromatic rings. The highest BCUT2D eigenvalue weighted by molar-refractivity contribution is 6.31. The summed E-state index contributed by atoms with van der Waals surface area (Å²) in [5, 5.41) is 2.08. The van der Waals surface area contributed by atoms with E-state index in [2.05, 4.69) is 10.3 Å². The molecule has 0 aliphatic heterocycles. The zero-order valence-electron chi connectivity index (χ0n) is 10.2. The topological polar surface area (TPSA) is 42.0 Å². The molecule has 110 valence electrons. The van der Waals surface area contributed by atoms with Gasteiger partial charge in [0.05, 0.1) is 11.1 Å². The lowest BCUT2D eigenvalue weighted by molar-refractivity contribution is -0.137. The molecule has 1 aromatic carbocycles. The predicted octanol–water partition coefficient (Wildman–Crippen LogP) is 4.15. The van der Waals surface area contributed by atoms with E-state index in [1.54, 1.807) is 0 Å². The molecule has 0 saturated heterocycles. The first-order valence-corrected chi connectivity index (χ1v) is 5.94. The number of halogens is 5. The first kappa shape index (κ1) is 15.2. The summed E-state index contributed by atoms with van der Waals surface area (Å²) in [5.74, 6) is -1.49. The molecule has 8 heteroatoms. The summed E-state index contributed by atoms with van der Waals surface area (Å²) in [6, 6.07) is 4.80. The number of alkyl halides is 3. The zero-order valence-corrected chi connectivity index (χ0v) is 11.0. The van der Waals surface area contributed by atoms with Gasteiger partial charge in [0, 0.05) is 16.9 Å². The van der Waals surface area contributed by atoms with Crippen LogP contribution in [0.25, 0.3) is 0 Å². The van der Waals surface area contributed by atoms with Gasteiger partial charge in [0.15, 0.2) is 0 Å². The number of amides is 1. The predicted molar refractivity (Wildman–Crippen MR) is 68.6 cm³/mol. The number of rotatable bonds is 2. The molecule has 0 spiro atoms. The van der Waals surface area contributed by atoms with Gasteiger partial charge in [-0.15, -0.1) is 0 Å². The molecule has 0 bridgehead atoms. The summed E-state index contributed by atoms with van der Waals surface area (Å²) in [6.07, 6.45) is -3.61. The third-order valence-electron chi connectivity index (χ3n) is 2.47. The van der Waals surface area contributed by atoms with Gasteiger partial charge < -0.3 is 5.32 Å². The number of hydrogen-bond donors (Lipinski definition) is 1. The molecule has 0 aliphatic rings. The van der Waals surface area contributed by atoms with Crippen molar-refractivity contribution >= 4 is 23.2 Å². The molecule has 3 nitrogen and oxygen atoms in total. The maximum Gasteiger partial charge on any atom is 0.416 e. The van der Waals surface area contributed by atoms with E-state index in [0.29, 0.717) is 0 Å². The van der Waals surface area contributed by atoms with Crippen molar-refractivity contribution in [1.29, 1.82) is 0 Å². The van der Waals surface area contributed by atoms with E-state index < -0.39 is 23.6 Å². The van der Waals surface area contributed by atoms with Gasteiger partial charge >= 0.3 is 6.18 Å². The van der Waals surface area contributed by atoms with E-state index in [1.807, 2.05) is 0 Å². The van der Waals surface area contributed by atoms with Crippen LogP contribution < -0.4 is 5.32 Å². The van der Waals surface area contributed by atoms with Crippen molar-refractivity contribution in [3.63, 3.8) is 0 Å². The van der Waals surface area contributed by atoms with Gasteiger partial charge in [0.1, 0.15) is 0 Å². The minimum Gasteiger partial charge on any atom is -0.322 e. The third-order valence-corrected chi connectivity index (χ3v) is 2.69. The quantitative estimate of drug-likeness (QED) is 0.668. The number of pyridine rings is 1. The number of hydrogen-bond acceptors (Lipinski definition) is 2. The molecule has 0 unspecified atom stereocenters. The molecule has 2 rings (SSSR count). The molecule has 0 saturated carbocycles. The Bertz CT molecular complexity index is 671. The van der Waals surface area contributed by atoms with Gasteiger partial charge in [0.25, 0.3) is 5.91 Å². The van der Waals surface area contributed by atoms with Crippen LogP contribution in [0.1, 0.15) is 15.9 Å². The van der Waals surface area contributed by atoms with Crippen LogP contribution in [-0.4, -0.2) is 10.9 Å². The molecule has 1 aromatic heterocycles. The van der Waals surface area contributed by atoms with Crippen LogP contribution in [0.4, 0.5) is 23.2 Å². The number of nitrogens with zero attached hydrogens (tertiary/aromatic N) is 1. The van der Waals surface area contributed by atoms with Gasteiger partial charge in [-0.3, -0.25) is 4.79 Å². The highest BCUT2D eigenvalue weighted by atomic mass is 35.5. The van der Waals surface area contributed by atoms with Crippen LogP contribution in [-0.2, 0) is 6.18 Å². The van der Waals surface area contributed by atoms with E-state index in [0.717, 1.165) is 30.5 Å². The molecule has 1 N–H and O–H groups in total. The van der Waals surface area contributed by atoms with Crippen molar-refractivity contribution in [3.8, 4) is 0 Å². The molecule has 0 atom stereocenters. The second-order valence-corrected chi connectivity index (χ2v) is 4.49. The van der Waals surface area contributed by atoms with Crippen molar-refractivity contribution in [1.82, 2.24) is 4.98 Å². The highest BCUT2D eigenvalue weighted by Gasteiger charge is 2.31. The van der Waals surface area contributed by atoms with E-state index in [1.165, 1.54) is 6.07 Å². The van der Waals surface area contributed by atoms with E-state index in [-0.39, 0.29) is 16.3 Å². The fourth-order valence-corrected chi connectivity index (χ4v) is 1.77. The molecular formula is C13H7ClF4N2O. The van der Waals surface area contributed by atoms with Gasteiger partial charge in [-0.1, -0.05) is 11.6 Å². The lowest BCUT2D eigenvalue weighted by Crippen LogP contribution is -2.13. The molecular weight excluding hydrogens is 312 g/mol. The van der Waals surface area contributed by atoms with Crippen LogP contribution in [0.2, 0.25) is 5.02 Å². The van der Waals surface area contributed by atoms with Gasteiger partial charge in [-0.2, -0.15) is 17.6 Å². The summed E-state index contributed by atoms with van der Waals surface area (Å²) >= 11 is 5.59.